The summed E-state index contributed by atoms with van der Waals surface area (Å²) in [5.74, 6) is 0.228. The van der Waals surface area contributed by atoms with Crippen LogP contribution >= 0.6 is 22.6 Å². The van der Waals surface area contributed by atoms with Crippen LogP contribution in [0.15, 0.2) is 18.2 Å². The molecule has 1 aromatic rings. The Balaban J connectivity index is 2.94. The van der Waals surface area contributed by atoms with Crippen LogP contribution in [0.2, 0.25) is 0 Å². The molecule has 164 valence electrons. The summed E-state index contributed by atoms with van der Waals surface area (Å²) >= 11 is 2.14. The smallest absolute Gasteiger partial charge is 0.339 e. The van der Waals surface area contributed by atoms with Gasteiger partial charge in [0.1, 0.15) is 12.2 Å². The summed E-state index contributed by atoms with van der Waals surface area (Å²) in [5.41, 5.74) is 0.584. The second-order valence-corrected chi connectivity index (χ2v) is 9.75. The van der Waals surface area contributed by atoms with Gasteiger partial charge in [-0.15, -0.1) is 0 Å². The molecule has 5 heteroatoms. The zero-order chi connectivity index (χ0) is 22.0. The van der Waals surface area contributed by atoms with Crippen molar-refractivity contribution in [2.24, 2.45) is 11.8 Å². The second kappa shape index (κ2) is 13.2. The lowest BCUT2D eigenvalue weighted by molar-refractivity contribution is 0.0213. The van der Waals surface area contributed by atoms with Crippen LogP contribution in [-0.4, -0.2) is 24.1 Å². The van der Waals surface area contributed by atoms with E-state index in [1.165, 1.54) is 0 Å². The molecule has 0 N–H and O–H groups in total. The number of hydrogen-bond donors (Lipinski definition) is 0. The van der Waals surface area contributed by atoms with E-state index in [1.807, 2.05) is 19.9 Å². The molecule has 0 fully saturated rings. The summed E-state index contributed by atoms with van der Waals surface area (Å²) in [4.78, 5) is 25.7. The van der Waals surface area contributed by atoms with Gasteiger partial charge in [-0.3, -0.25) is 0 Å². The summed E-state index contributed by atoms with van der Waals surface area (Å²) in [6.45, 7) is 12.7. The van der Waals surface area contributed by atoms with Crippen LogP contribution in [0.1, 0.15) is 101 Å². The van der Waals surface area contributed by atoms with Gasteiger partial charge in [-0.2, -0.15) is 0 Å². The van der Waals surface area contributed by atoms with E-state index < -0.39 is 11.9 Å². The largest absolute Gasteiger partial charge is 0.459 e. The zero-order valence-corrected chi connectivity index (χ0v) is 21.0. The average molecular weight is 516 g/mol. The van der Waals surface area contributed by atoms with Gasteiger partial charge in [0.2, 0.25) is 0 Å². The standard InChI is InChI=1S/C24H37IO4/c1-7-19(12-9-16(3)4)28-23(26)21-14-11-18(25)15-22(21)24(27)29-20(8-2)13-10-17(5)6/h11,14-17,19-20H,7-10,12-13H2,1-6H3. The summed E-state index contributed by atoms with van der Waals surface area (Å²) < 4.78 is 12.4. The van der Waals surface area contributed by atoms with Gasteiger partial charge in [0.05, 0.1) is 11.1 Å². The molecule has 0 saturated heterocycles. The van der Waals surface area contributed by atoms with Gasteiger partial charge in [-0.1, -0.05) is 41.5 Å². The molecule has 2 unspecified atom stereocenters. The first-order valence-electron chi connectivity index (χ1n) is 10.9. The van der Waals surface area contributed by atoms with E-state index in [0.717, 1.165) is 42.1 Å². The van der Waals surface area contributed by atoms with E-state index in [2.05, 4.69) is 50.3 Å². The van der Waals surface area contributed by atoms with E-state index in [-0.39, 0.29) is 17.8 Å². The van der Waals surface area contributed by atoms with Gasteiger partial charge < -0.3 is 9.47 Å². The van der Waals surface area contributed by atoms with Crippen molar-refractivity contribution in [2.45, 2.75) is 92.3 Å². The van der Waals surface area contributed by atoms with Crippen LogP contribution in [0.5, 0.6) is 0 Å². The highest BCUT2D eigenvalue weighted by Gasteiger charge is 2.24. The summed E-state index contributed by atoms with van der Waals surface area (Å²) in [7, 11) is 0. The molecule has 0 heterocycles. The Labute approximate surface area is 190 Å². The fourth-order valence-electron chi connectivity index (χ4n) is 3.02. The molecule has 0 saturated carbocycles. The number of carbonyl (C=O) groups excluding carboxylic acids is 2. The molecule has 0 aliphatic rings. The van der Waals surface area contributed by atoms with Crippen molar-refractivity contribution >= 4 is 34.5 Å². The van der Waals surface area contributed by atoms with Gasteiger partial charge in [-0.25, -0.2) is 9.59 Å². The van der Waals surface area contributed by atoms with E-state index >= 15 is 0 Å². The first kappa shape index (κ1) is 25.9. The fourth-order valence-corrected chi connectivity index (χ4v) is 3.52. The molecule has 0 aliphatic heterocycles. The minimum atomic E-state index is -0.445. The minimum Gasteiger partial charge on any atom is -0.459 e. The molecule has 29 heavy (non-hydrogen) atoms. The van der Waals surface area contributed by atoms with Crippen molar-refractivity contribution in [3.63, 3.8) is 0 Å². The van der Waals surface area contributed by atoms with Crippen molar-refractivity contribution in [1.82, 2.24) is 0 Å². The van der Waals surface area contributed by atoms with Crippen LogP contribution in [0.3, 0.4) is 0 Å². The maximum Gasteiger partial charge on any atom is 0.339 e. The van der Waals surface area contributed by atoms with Crippen LogP contribution in [0, 0.1) is 15.4 Å². The van der Waals surface area contributed by atoms with Crippen molar-refractivity contribution in [2.75, 3.05) is 0 Å². The topological polar surface area (TPSA) is 52.6 Å². The third kappa shape index (κ3) is 9.49. The van der Waals surface area contributed by atoms with Crippen LogP contribution in [-0.2, 0) is 9.47 Å². The van der Waals surface area contributed by atoms with Crippen LogP contribution in [0.25, 0.3) is 0 Å². The molecule has 2 atom stereocenters. The molecule has 0 spiro atoms. The van der Waals surface area contributed by atoms with Crippen molar-refractivity contribution in [1.29, 1.82) is 0 Å². The van der Waals surface area contributed by atoms with Crippen molar-refractivity contribution in [3.8, 4) is 0 Å². The Kier molecular flexibility index (Phi) is 11.8. The second-order valence-electron chi connectivity index (χ2n) is 8.50. The Morgan fingerprint density at radius 1 is 0.793 bits per heavy atom. The van der Waals surface area contributed by atoms with E-state index in [1.54, 1.807) is 12.1 Å². The van der Waals surface area contributed by atoms with Gasteiger partial charge in [0.15, 0.2) is 0 Å². The summed E-state index contributed by atoms with van der Waals surface area (Å²) in [6, 6.07) is 5.20. The van der Waals surface area contributed by atoms with Gasteiger partial charge >= 0.3 is 11.9 Å². The predicted molar refractivity (Wildman–Crippen MR) is 126 cm³/mol. The zero-order valence-electron chi connectivity index (χ0n) is 18.8. The Bertz CT molecular complexity index is 654. The molecule has 0 aromatic heterocycles. The summed E-state index contributed by atoms with van der Waals surface area (Å²) in [6.07, 6.45) is 4.91. The molecular formula is C24H37IO4. The first-order valence-corrected chi connectivity index (χ1v) is 12.0. The Morgan fingerprint density at radius 2 is 1.24 bits per heavy atom. The predicted octanol–water partition coefficient (Wildman–Crippen LogP) is 7.03. The monoisotopic (exact) mass is 516 g/mol. The van der Waals surface area contributed by atoms with E-state index in [4.69, 9.17) is 9.47 Å². The number of hydrogen-bond acceptors (Lipinski definition) is 4. The number of benzene rings is 1. The molecule has 0 aliphatic carbocycles. The van der Waals surface area contributed by atoms with Crippen LogP contribution in [0.4, 0.5) is 0 Å². The number of carbonyl (C=O) groups is 2. The number of esters is 2. The van der Waals surface area contributed by atoms with Crippen molar-refractivity contribution in [3.05, 3.63) is 32.9 Å². The highest BCUT2D eigenvalue weighted by molar-refractivity contribution is 14.1. The Morgan fingerprint density at radius 3 is 1.66 bits per heavy atom. The summed E-state index contributed by atoms with van der Waals surface area (Å²) in [5, 5.41) is 0. The van der Waals surface area contributed by atoms with Gasteiger partial charge in [0.25, 0.3) is 0 Å². The lowest BCUT2D eigenvalue weighted by Gasteiger charge is -2.20. The lowest BCUT2D eigenvalue weighted by Crippen LogP contribution is -2.23. The number of halogens is 1. The number of ether oxygens (including phenoxy) is 2. The highest BCUT2D eigenvalue weighted by Crippen LogP contribution is 2.21. The van der Waals surface area contributed by atoms with E-state index in [0.29, 0.717) is 17.4 Å². The lowest BCUT2D eigenvalue weighted by atomic mass is 10.0. The van der Waals surface area contributed by atoms with Gasteiger partial charge in [0, 0.05) is 3.57 Å². The highest BCUT2D eigenvalue weighted by atomic mass is 127. The molecule has 4 nitrogen and oxygen atoms in total. The Hall–Kier alpha value is -1.11. The van der Waals surface area contributed by atoms with Crippen LogP contribution < -0.4 is 0 Å². The quantitative estimate of drug-likeness (QED) is 0.221. The third-order valence-electron chi connectivity index (χ3n) is 5.01. The molecular weight excluding hydrogens is 479 g/mol. The van der Waals surface area contributed by atoms with E-state index in [9.17, 15) is 9.59 Å². The number of rotatable bonds is 12. The molecule has 1 aromatic carbocycles. The fraction of sp³-hybridized carbons (Fsp3) is 0.667. The van der Waals surface area contributed by atoms with Crippen molar-refractivity contribution < 1.29 is 19.1 Å². The SMILES string of the molecule is CCC(CCC(C)C)OC(=O)c1ccc(I)cc1C(=O)OC(CC)CCC(C)C. The molecule has 1 rings (SSSR count). The maximum atomic E-state index is 12.9. The maximum absolute atomic E-state index is 12.9. The molecule has 0 radical (unpaired) electrons. The average Bonchev–Trinajstić information content (AvgIpc) is 2.67. The van der Waals surface area contributed by atoms with Gasteiger partial charge in [-0.05, 0) is 91.2 Å². The third-order valence-corrected chi connectivity index (χ3v) is 5.68. The molecule has 0 amide bonds. The minimum absolute atomic E-state index is 0.137. The molecule has 0 bridgehead atoms. The first-order chi connectivity index (χ1) is 13.7. The normalized spacial score (nSPS) is 13.4.